The molecule has 0 aliphatic rings. The second-order valence-corrected chi connectivity index (χ2v) is 5.25. The second-order valence-electron chi connectivity index (χ2n) is 4.34. The van der Waals surface area contributed by atoms with Crippen molar-refractivity contribution >= 4 is 27.5 Å². The number of hydrogen-bond donors (Lipinski definition) is 2. The van der Waals surface area contributed by atoms with Crippen LogP contribution in [0.5, 0.6) is 0 Å². The summed E-state index contributed by atoms with van der Waals surface area (Å²) in [4.78, 5) is 11.7. The number of halogens is 4. The number of nitrogens with one attached hydrogen (secondary N) is 2. The van der Waals surface area contributed by atoms with Gasteiger partial charge in [0.05, 0.1) is 12.2 Å². The van der Waals surface area contributed by atoms with Crippen molar-refractivity contribution in [1.82, 2.24) is 5.32 Å². The van der Waals surface area contributed by atoms with Crippen molar-refractivity contribution in [2.75, 3.05) is 25.6 Å². The average Bonchev–Trinajstić information content (AvgIpc) is 2.37. The van der Waals surface area contributed by atoms with Crippen molar-refractivity contribution in [3.8, 4) is 0 Å². The molecular weight excluding hydrogens is 353 g/mol. The van der Waals surface area contributed by atoms with Crippen LogP contribution >= 0.6 is 15.9 Å². The lowest BCUT2D eigenvalue weighted by Gasteiger charge is -2.19. The minimum absolute atomic E-state index is 0.147. The topological polar surface area (TPSA) is 50.4 Å². The molecule has 0 aliphatic carbocycles. The summed E-state index contributed by atoms with van der Waals surface area (Å²) in [5.41, 5.74) is -0.964. The zero-order valence-electron chi connectivity index (χ0n) is 11.6. The highest BCUT2D eigenvalue weighted by molar-refractivity contribution is 9.10. The van der Waals surface area contributed by atoms with Crippen LogP contribution in [0.25, 0.3) is 0 Å². The summed E-state index contributed by atoms with van der Waals surface area (Å²) in [7, 11) is 1.49. The van der Waals surface area contributed by atoms with E-state index in [4.69, 9.17) is 4.74 Å². The van der Waals surface area contributed by atoms with Gasteiger partial charge in [0.15, 0.2) is 0 Å². The Hall–Kier alpha value is -1.28. The molecule has 4 nitrogen and oxygen atoms in total. The van der Waals surface area contributed by atoms with Crippen LogP contribution in [0, 0.1) is 0 Å². The van der Waals surface area contributed by atoms with Gasteiger partial charge in [0.2, 0.25) is 5.91 Å². The molecule has 1 aromatic rings. The number of rotatable bonds is 6. The van der Waals surface area contributed by atoms with Crippen molar-refractivity contribution in [3.63, 3.8) is 0 Å². The molecule has 0 fully saturated rings. The van der Waals surface area contributed by atoms with Crippen LogP contribution in [0.2, 0.25) is 0 Å². The number of carbonyl (C=O) groups excluding carboxylic acids is 1. The quantitative estimate of drug-likeness (QED) is 0.758. The van der Waals surface area contributed by atoms with Gasteiger partial charge in [-0.15, -0.1) is 0 Å². The summed E-state index contributed by atoms with van der Waals surface area (Å²) < 4.78 is 44.0. The predicted molar refractivity (Wildman–Crippen MR) is 77.1 cm³/mol. The highest BCUT2D eigenvalue weighted by Crippen LogP contribution is 2.36. The smallest absolute Gasteiger partial charge is 0.383 e. The zero-order chi connectivity index (χ0) is 16.0. The van der Waals surface area contributed by atoms with Crippen molar-refractivity contribution in [2.24, 2.45) is 0 Å². The van der Waals surface area contributed by atoms with Crippen LogP contribution < -0.4 is 10.6 Å². The van der Waals surface area contributed by atoms with Crippen molar-refractivity contribution in [1.29, 1.82) is 0 Å². The number of benzene rings is 1. The lowest BCUT2D eigenvalue weighted by Crippen LogP contribution is -2.39. The molecule has 1 amide bonds. The van der Waals surface area contributed by atoms with Gasteiger partial charge < -0.3 is 15.4 Å². The monoisotopic (exact) mass is 368 g/mol. The third-order valence-corrected chi connectivity index (χ3v) is 3.15. The molecule has 0 aliphatic heterocycles. The van der Waals surface area contributed by atoms with E-state index < -0.39 is 23.7 Å². The summed E-state index contributed by atoms with van der Waals surface area (Å²) in [5, 5.41) is 5.14. The average molecular weight is 369 g/mol. The van der Waals surface area contributed by atoms with Gasteiger partial charge in [-0.25, -0.2) is 0 Å². The largest absolute Gasteiger partial charge is 0.418 e. The van der Waals surface area contributed by atoms with Crippen molar-refractivity contribution in [3.05, 3.63) is 28.2 Å². The van der Waals surface area contributed by atoms with E-state index >= 15 is 0 Å². The molecular formula is C13H16BrF3N2O2. The molecule has 0 heterocycles. The first kappa shape index (κ1) is 17.8. The maximum atomic E-state index is 12.9. The van der Waals surface area contributed by atoms with E-state index in [2.05, 4.69) is 26.6 Å². The predicted octanol–water partition coefficient (Wildman–Crippen LogP) is 3.03. The molecule has 1 rings (SSSR count). The Morgan fingerprint density at radius 1 is 1.43 bits per heavy atom. The van der Waals surface area contributed by atoms with E-state index in [0.717, 1.165) is 6.07 Å². The molecule has 0 aromatic heterocycles. The minimum Gasteiger partial charge on any atom is -0.383 e. The van der Waals surface area contributed by atoms with Gasteiger partial charge in [-0.3, -0.25) is 4.79 Å². The third kappa shape index (κ3) is 5.55. The van der Waals surface area contributed by atoms with Crippen LogP contribution in [-0.4, -0.2) is 32.2 Å². The van der Waals surface area contributed by atoms with Gasteiger partial charge in [0, 0.05) is 23.8 Å². The molecule has 8 heteroatoms. The van der Waals surface area contributed by atoms with Crippen molar-refractivity contribution < 1.29 is 22.7 Å². The molecule has 0 spiro atoms. The highest BCUT2D eigenvalue weighted by Gasteiger charge is 2.34. The first-order valence-electron chi connectivity index (χ1n) is 6.15. The Morgan fingerprint density at radius 3 is 2.67 bits per heavy atom. The number of amides is 1. The Morgan fingerprint density at radius 2 is 2.10 bits per heavy atom. The summed E-state index contributed by atoms with van der Waals surface area (Å²) >= 11 is 3.12. The Labute approximate surface area is 129 Å². The summed E-state index contributed by atoms with van der Waals surface area (Å²) in [5.74, 6) is -0.403. The van der Waals surface area contributed by atoms with Gasteiger partial charge in [0.25, 0.3) is 0 Å². The maximum absolute atomic E-state index is 12.9. The summed E-state index contributed by atoms with van der Waals surface area (Å²) in [6, 6.07) is 2.75. The lowest BCUT2D eigenvalue weighted by molar-refractivity contribution is -0.137. The van der Waals surface area contributed by atoms with Gasteiger partial charge >= 0.3 is 6.18 Å². The Bertz CT molecular complexity index is 495. The van der Waals surface area contributed by atoms with Gasteiger partial charge in [-0.05, 0) is 25.1 Å². The molecule has 2 N–H and O–H groups in total. The zero-order valence-corrected chi connectivity index (χ0v) is 13.1. The molecule has 1 aromatic carbocycles. The Balaban J connectivity index is 2.82. The van der Waals surface area contributed by atoms with Gasteiger partial charge in [0.1, 0.15) is 6.04 Å². The van der Waals surface area contributed by atoms with E-state index in [-0.39, 0.29) is 5.69 Å². The SMILES string of the molecule is COCCNC(=O)C(C)Nc1cc(Br)ccc1C(F)(F)F. The first-order valence-corrected chi connectivity index (χ1v) is 6.95. The normalized spacial score (nSPS) is 12.9. The third-order valence-electron chi connectivity index (χ3n) is 2.66. The second kappa shape index (κ2) is 7.65. The highest BCUT2D eigenvalue weighted by atomic mass is 79.9. The summed E-state index contributed by atoms with van der Waals surface area (Å²) in [6.07, 6.45) is -4.49. The van der Waals surface area contributed by atoms with Crippen LogP contribution in [0.3, 0.4) is 0 Å². The van der Waals surface area contributed by atoms with Gasteiger partial charge in [-0.1, -0.05) is 15.9 Å². The molecule has 0 saturated carbocycles. The fourth-order valence-electron chi connectivity index (χ4n) is 1.61. The van der Waals surface area contributed by atoms with E-state index in [1.165, 1.54) is 26.2 Å². The fourth-order valence-corrected chi connectivity index (χ4v) is 1.97. The first-order chi connectivity index (χ1) is 9.75. The molecule has 21 heavy (non-hydrogen) atoms. The number of anilines is 1. The van der Waals surface area contributed by atoms with E-state index in [1.807, 2.05) is 0 Å². The molecule has 1 unspecified atom stereocenters. The molecule has 0 radical (unpaired) electrons. The molecule has 0 saturated heterocycles. The Kier molecular flexibility index (Phi) is 6.47. The minimum atomic E-state index is -4.49. The van der Waals surface area contributed by atoms with E-state index in [9.17, 15) is 18.0 Å². The number of carbonyl (C=O) groups is 1. The molecule has 1 atom stereocenters. The van der Waals surface area contributed by atoms with Crippen molar-refractivity contribution in [2.45, 2.75) is 19.1 Å². The standard InChI is InChI=1S/C13H16BrF3N2O2/c1-8(12(20)18-5-6-21-2)19-11-7-9(14)3-4-10(11)13(15,16)17/h3-4,7-8,19H,5-6H2,1-2H3,(H,18,20). The van der Waals surface area contributed by atoms with E-state index in [0.29, 0.717) is 17.6 Å². The summed E-state index contributed by atoms with van der Waals surface area (Å²) in [6.45, 7) is 2.12. The van der Waals surface area contributed by atoms with Crippen LogP contribution in [0.4, 0.5) is 18.9 Å². The van der Waals surface area contributed by atoms with Crippen LogP contribution in [-0.2, 0) is 15.7 Å². The molecule has 118 valence electrons. The number of alkyl halides is 3. The van der Waals surface area contributed by atoms with E-state index in [1.54, 1.807) is 0 Å². The lowest BCUT2D eigenvalue weighted by atomic mass is 10.1. The number of ether oxygens (including phenoxy) is 1. The van der Waals surface area contributed by atoms with Crippen LogP contribution in [0.15, 0.2) is 22.7 Å². The molecule has 0 bridgehead atoms. The number of methoxy groups -OCH3 is 1. The number of hydrogen-bond acceptors (Lipinski definition) is 3. The van der Waals surface area contributed by atoms with Crippen LogP contribution in [0.1, 0.15) is 12.5 Å². The fraction of sp³-hybridized carbons (Fsp3) is 0.462. The van der Waals surface area contributed by atoms with Gasteiger partial charge in [-0.2, -0.15) is 13.2 Å². The maximum Gasteiger partial charge on any atom is 0.418 e.